The van der Waals surface area contributed by atoms with Crippen molar-refractivity contribution in [3.8, 4) is 11.5 Å². The van der Waals surface area contributed by atoms with Crippen LogP contribution in [0.15, 0.2) is 69.5 Å². The molecule has 0 bridgehead atoms. The zero-order valence-corrected chi connectivity index (χ0v) is 64.0. The van der Waals surface area contributed by atoms with Gasteiger partial charge in [0.25, 0.3) is 11.8 Å². The van der Waals surface area contributed by atoms with E-state index in [9.17, 15) is 47.9 Å². The van der Waals surface area contributed by atoms with E-state index in [0.717, 1.165) is 0 Å². The van der Waals surface area contributed by atoms with Crippen molar-refractivity contribution in [2.24, 2.45) is 28.5 Å². The maximum absolute atomic E-state index is 14.1. The molecule has 2 aliphatic heterocycles. The van der Waals surface area contributed by atoms with Gasteiger partial charge in [-0.2, -0.15) is 5.48 Å². The SMILES string of the molecule is CCc1nc(C)oc1C(=O)Nc1nc2cc(C(N)=O)cc3c2n1C/C=C\Cn1c(NC(=O)c2oc(C)nc2CC)nc2cc(C(N)=O)cc(c21)OCC1(CO3)CN(C(=O)OCc2ccc(NC(=O)[C@H](CCCNC(N)=O)NC(=O)[C@@H](NC(=O)CCOCCOCCOCCOCCONC(=O)OC(C)(C)C)C(C)C)cc2)C1. The number of ether oxygens (including phenoxy) is 8. The Balaban J connectivity index is 0.838. The highest BCUT2D eigenvalue weighted by Crippen LogP contribution is 2.39. The summed E-state index contributed by atoms with van der Waals surface area (Å²) in [4.78, 5) is 157. The Morgan fingerprint density at radius 2 is 1.12 bits per heavy atom. The first kappa shape index (κ1) is 84.3. The summed E-state index contributed by atoms with van der Waals surface area (Å²) in [5.74, 6) is -4.27. The maximum atomic E-state index is 14.1. The Bertz CT molecular complexity index is 4370. The zero-order valence-electron chi connectivity index (χ0n) is 64.0. The summed E-state index contributed by atoms with van der Waals surface area (Å²) < 4.78 is 61.2. The molecule has 0 unspecified atom stereocenters. The summed E-state index contributed by atoms with van der Waals surface area (Å²) in [5.41, 5.74) is 20.3. The number of likely N-dealkylation sites (tertiary alicyclic amines) is 1. The van der Waals surface area contributed by atoms with Crippen LogP contribution in [0.25, 0.3) is 22.1 Å². The van der Waals surface area contributed by atoms with Gasteiger partial charge in [-0.25, -0.2) is 34.3 Å². The van der Waals surface area contributed by atoms with Crippen molar-refractivity contribution >= 4 is 99.2 Å². The number of nitrogens with two attached hydrogens (primary N) is 3. The van der Waals surface area contributed by atoms with Gasteiger partial charge in [0.1, 0.15) is 60.0 Å². The number of carbonyl (C=O) groups is 10. The Morgan fingerprint density at radius 1 is 0.625 bits per heavy atom. The summed E-state index contributed by atoms with van der Waals surface area (Å²) in [7, 11) is 0. The Labute approximate surface area is 643 Å². The van der Waals surface area contributed by atoms with Gasteiger partial charge in [-0.05, 0) is 94.3 Å². The number of hydroxylamine groups is 1. The number of benzene rings is 3. The number of primary amides is 3. The minimum atomic E-state index is -1.15. The van der Waals surface area contributed by atoms with E-state index in [-0.39, 0.29) is 180 Å². The maximum Gasteiger partial charge on any atom is 0.431 e. The van der Waals surface area contributed by atoms with E-state index in [1.807, 2.05) is 13.8 Å². The predicted molar refractivity (Wildman–Crippen MR) is 402 cm³/mol. The number of oxazole rings is 2. The molecule has 1 saturated heterocycles. The Kier molecular flexibility index (Phi) is 29.5. The van der Waals surface area contributed by atoms with Crippen LogP contribution in [0.4, 0.5) is 32.0 Å². The fourth-order valence-corrected chi connectivity index (χ4v) is 12.0. The van der Waals surface area contributed by atoms with Gasteiger partial charge in [-0.3, -0.25) is 49.0 Å². The average molecular weight is 1560 g/mol. The molecule has 112 heavy (non-hydrogen) atoms. The number of aryl methyl sites for hydroxylation is 4. The lowest BCUT2D eigenvalue weighted by Gasteiger charge is -2.48. The van der Waals surface area contributed by atoms with Crippen molar-refractivity contribution < 1.29 is 99.5 Å². The van der Waals surface area contributed by atoms with Crippen LogP contribution in [0.5, 0.6) is 11.5 Å². The van der Waals surface area contributed by atoms with Crippen molar-refractivity contribution in [2.75, 3.05) is 108 Å². The van der Waals surface area contributed by atoms with Crippen LogP contribution in [-0.4, -0.2) is 204 Å². The number of allylic oxidation sites excluding steroid dienone is 2. The van der Waals surface area contributed by atoms with Gasteiger partial charge in [0.2, 0.25) is 53.0 Å². The van der Waals surface area contributed by atoms with Crippen LogP contribution in [0.2, 0.25) is 0 Å². The molecular weight excluding hydrogens is 1460 g/mol. The van der Waals surface area contributed by atoms with Crippen LogP contribution in [0, 0.1) is 25.2 Å². The van der Waals surface area contributed by atoms with Gasteiger partial charge in [0.05, 0.1) is 87.3 Å². The number of nitrogens with zero attached hydrogens (tertiary/aromatic N) is 7. The molecule has 2 atom stereocenters. The third-order valence-electron chi connectivity index (χ3n) is 17.4. The lowest BCUT2D eigenvalue weighted by Crippen LogP contribution is -2.63. The van der Waals surface area contributed by atoms with Crippen molar-refractivity contribution in [1.29, 1.82) is 0 Å². The fourth-order valence-electron chi connectivity index (χ4n) is 12.0. The first-order chi connectivity index (χ1) is 53.5. The number of nitrogens with one attached hydrogen (secondary N) is 7. The van der Waals surface area contributed by atoms with E-state index in [0.29, 0.717) is 66.3 Å². The third kappa shape index (κ3) is 23.4. The van der Waals surface area contributed by atoms with Crippen LogP contribution >= 0.6 is 0 Å². The van der Waals surface area contributed by atoms with Gasteiger partial charge in [-0.1, -0.05) is 52.0 Å². The third-order valence-corrected chi connectivity index (χ3v) is 17.4. The van der Waals surface area contributed by atoms with Crippen LogP contribution in [0.1, 0.15) is 138 Å². The lowest BCUT2D eigenvalue weighted by molar-refractivity contribution is -0.132. The number of imidazole rings is 2. The summed E-state index contributed by atoms with van der Waals surface area (Å²) in [5, 5.41) is 16.5. The quantitative estimate of drug-likeness (QED) is 0.0133. The van der Waals surface area contributed by atoms with E-state index in [1.54, 1.807) is 94.0 Å². The summed E-state index contributed by atoms with van der Waals surface area (Å²) in [6.07, 6.45) is 3.06. The topological polar surface area (TPSA) is 507 Å². The second-order valence-electron chi connectivity index (χ2n) is 27.7. The number of rotatable bonds is 36. The highest BCUT2D eigenvalue weighted by atomic mass is 16.7. The minimum Gasteiger partial charge on any atom is -0.490 e. The molecule has 0 saturated carbocycles. The van der Waals surface area contributed by atoms with E-state index < -0.39 is 88.6 Å². The first-order valence-electron chi connectivity index (χ1n) is 36.5. The molecule has 0 aliphatic carbocycles. The molecule has 604 valence electrons. The smallest absolute Gasteiger partial charge is 0.431 e. The molecule has 0 radical (unpaired) electrons. The number of hydrogen-bond acceptors (Lipinski definition) is 25. The van der Waals surface area contributed by atoms with Crippen molar-refractivity contribution in [3.05, 3.63) is 112 Å². The Morgan fingerprint density at radius 3 is 1.60 bits per heavy atom. The average Bonchev–Trinajstić information content (AvgIpc) is 1.20. The molecule has 11 amide bonds. The molecular formula is C74H97N17O21. The molecule has 13 N–H and O–H groups in total. The minimum absolute atomic E-state index is 0.0107. The van der Waals surface area contributed by atoms with Gasteiger partial charge >= 0.3 is 18.2 Å². The molecule has 7 aromatic rings. The fraction of sp³-hybridized carbons (Fsp3) is 0.486. The second-order valence-corrected chi connectivity index (χ2v) is 27.7. The number of amides is 11. The van der Waals surface area contributed by atoms with Crippen molar-refractivity contribution in [2.45, 2.75) is 132 Å². The van der Waals surface area contributed by atoms with Gasteiger partial charge in [0, 0.05) is 69.8 Å². The standard InChI is InChI=1S/C74H97N17O21/c1-10-49-60(110-43(5)79-49)66(97)86-69-83-52-33-46(62(75)93)35-54-58(52)90(69)22-12-13-23-91-59-53(84-70(91)87-67(98)61-50(11-2)80-44(6)111-61)34-47(63(76)94)36-55(59)108-41-74(40-107-54)38-89(39-74)72(101)106-37-45-16-18-48(19-17-45)81-64(95)51(15-14-21-78-68(77)99)82-65(96)57(42(3)4)85-56(92)20-24-102-25-26-103-27-28-104-29-30-105-31-32-109-88-71(100)112-73(7,8)9/h12-13,16-19,33-36,42,51,57H,10-11,14-15,20-32,37-41H2,1-9H3,(H2,75,93)(H2,76,94)(H,81,95)(H,82,96)(H,85,92)(H,88,100)(H3,77,78,99)(H,83,86,97)(H,84,87,98)/b13-12-/t51-,57-/m0/s1. The first-order valence-corrected chi connectivity index (χ1v) is 36.5. The van der Waals surface area contributed by atoms with Gasteiger partial charge < -0.3 is 99.2 Å². The monoisotopic (exact) mass is 1560 g/mol. The molecule has 1 fully saturated rings. The van der Waals surface area contributed by atoms with E-state index >= 15 is 0 Å². The molecule has 3 aromatic carbocycles. The van der Waals surface area contributed by atoms with Crippen LogP contribution in [0.3, 0.4) is 0 Å². The van der Waals surface area contributed by atoms with Crippen LogP contribution in [-0.2, 0) is 80.2 Å². The zero-order chi connectivity index (χ0) is 80.8. The normalized spacial score (nSPS) is 14.1. The van der Waals surface area contributed by atoms with Crippen molar-refractivity contribution in [3.63, 3.8) is 0 Å². The number of hydrogen-bond donors (Lipinski definition) is 10. The van der Waals surface area contributed by atoms with Gasteiger partial charge in [0.15, 0.2) is 11.8 Å². The van der Waals surface area contributed by atoms with Crippen LogP contribution < -0.4 is 64.1 Å². The van der Waals surface area contributed by atoms with Gasteiger partial charge in [-0.15, -0.1) is 0 Å². The molecule has 2 aliphatic rings. The summed E-state index contributed by atoms with van der Waals surface area (Å²) in [6.45, 7) is 16.9. The largest absolute Gasteiger partial charge is 0.490 e. The number of anilines is 3. The number of aromatic nitrogens is 6. The molecule has 1 spiro atoms. The number of urea groups is 1. The highest BCUT2D eigenvalue weighted by Gasteiger charge is 2.48. The van der Waals surface area contributed by atoms with E-state index in [1.165, 1.54) is 29.2 Å². The van der Waals surface area contributed by atoms with E-state index in [2.05, 4.69) is 47.3 Å². The van der Waals surface area contributed by atoms with Crippen molar-refractivity contribution in [1.82, 2.24) is 55.4 Å². The molecule has 6 heterocycles. The second kappa shape index (κ2) is 39.2. The molecule has 38 nitrogen and oxygen atoms in total. The highest BCUT2D eigenvalue weighted by molar-refractivity contribution is 6.06. The Hall–Kier alpha value is -11.7. The predicted octanol–water partition coefficient (Wildman–Crippen LogP) is 5.40. The molecule has 38 heteroatoms. The number of carbonyl (C=O) groups excluding carboxylic acids is 10. The molecule has 4 aromatic heterocycles. The van der Waals surface area contributed by atoms with E-state index in [4.69, 9.17) is 78.7 Å². The summed E-state index contributed by atoms with van der Waals surface area (Å²) >= 11 is 0. The summed E-state index contributed by atoms with van der Waals surface area (Å²) in [6, 6.07) is 9.22. The molecule has 9 rings (SSSR count). The lowest BCUT2D eigenvalue weighted by atomic mass is 9.81.